The Balaban J connectivity index is 2.08. The van der Waals surface area contributed by atoms with Crippen LogP contribution in [-0.2, 0) is 9.59 Å². The second-order valence-corrected chi connectivity index (χ2v) is 8.04. The minimum Gasteiger partial charge on any atom is -0.507 e. The zero-order chi connectivity index (χ0) is 22.7. The summed E-state index contributed by atoms with van der Waals surface area (Å²) in [6.45, 7) is 4.71. The third-order valence-corrected chi connectivity index (χ3v) is 5.01. The van der Waals surface area contributed by atoms with Crippen molar-refractivity contribution in [2.75, 3.05) is 27.2 Å². The second-order valence-electron chi connectivity index (χ2n) is 8.04. The van der Waals surface area contributed by atoms with Gasteiger partial charge in [0.1, 0.15) is 17.3 Å². The Bertz CT molecular complexity index is 982. The molecule has 1 atom stereocenters. The van der Waals surface area contributed by atoms with Crippen LogP contribution in [0, 0.1) is 5.82 Å². The average molecular weight is 426 g/mol. The van der Waals surface area contributed by atoms with Crippen molar-refractivity contribution in [2.45, 2.75) is 26.0 Å². The van der Waals surface area contributed by atoms with Gasteiger partial charge in [-0.05, 0) is 69.9 Å². The van der Waals surface area contributed by atoms with Gasteiger partial charge < -0.3 is 19.6 Å². The number of aliphatic hydroxyl groups excluding tert-OH is 1. The highest BCUT2D eigenvalue weighted by molar-refractivity contribution is 6.46. The number of likely N-dealkylation sites (N-methyl/N-ethyl adjacent to an activating group) is 1. The fraction of sp³-hybridized carbons (Fsp3) is 0.333. The number of carbonyl (C=O) groups is 2. The lowest BCUT2D eigenvalue weighted by Crippen LogP contribution is -2.35. The first kappa shape index (κ1) is 22.5. The molecular formula is C24H27FN2O4. The normalized spacial score (nSPS) is 18.3. The van der Waals surface area contributed by atoms with Gasteiger partial charge in [0.05, 0.1) is 17.7 Å². The number of nitrogens with zero attached hydrogens (tertiary/aromatic N) is 2. The summed E-state index contributed by atoms with van der Waals surface area (Å²) < 4.78 is 19.0. The monoisotopic (exact) mass is 426 g/mol. The molecule has 0 bridgehead atoms. The second kappa shape index (κ2) is 9.31. The maximum absolute atomic E-state index is 13.3. The molecular weight excluding hydrogens is 399 g/mol. The number of carbonyl (C=O) groups excluding carboxylic acids is 2. The van der Waals surface area contributed by atoms with Crippen LogP contribution in [-0.4, -0.2) is 59.9 Å². The molecule has 0 radical (unpaired) electrons. The van der Waals surface area contributed by atoms with E-state index in [9.17, 15) is 19.1 Å². The van der Waals surface area contributed by atoms with Crippen molar-refractivity contribution >= 4 is 17.4 Å². The highest BCUT2D eigenvalue weighted by atomic mass is 19.1. The highest BCUT2D eigenvalue weighted by Gasteiger charge is 2.45. The van der Waals surface area contributed by atoms with E-state index in [1.165, 1.54) is 29.2 Å². The molecule has 0 spiro atoms. The van der Waals surface area contributed by atoms with E-state index >= 15 is 0 Å². The summed E-state index contributed by atoms with van der Waals surface area (Å²) in [5, 5.41) is 10.9. The van der Waals surface area contributed by atoms with Gasteiger partial charge in [-0.2, -0.15) is 0 Å². The lowest BCUT2D eigenvalue weighted by atomic mass is 9.95. The maximum atomic E-state index is 13.3. The first-order valence-electron chi connectivity index (χ1n) is 10.1. The van der Waals surface area contributed by atoms with Crippen molar-refractivity contribution in [3.63, 3.8) is 0 Å². The number of rotatable bonds is 7. The summed E-state index contributed by atoms with van der Waals surface area (Å²) in [4.78, 5) is 29.1. The molecule has 31 heavy (non-hydrogen) atoms. The van der Waals surface area contributed by atoms with Crippen LogP contribution in [0.15, 0.2) is 54.1 Å². The standard InChI is InChI=1S/C24H27FN2O4/c1-15(2)31-19-11-7-16(8-12-19)21-20(22(28)17-5-9-18(25)10-6-17)23(29)24(30)27(21)14-13-26(3)4/h5-12,15,21,28H,13-14H2,1-4H3/t21-/m1/s1. The van der Waals surface area contributed by atoms with E-state index in [2.05, 4.69) is 0 Å². The van der Waals surface area contributed by atoms with Gasteiger partial charge in [-0.1, -0.05) is 12.1 Å². The number of ketones is 1. The third-order valence-electron chi connectivity index (χ3n) is 5.01. The van der Waals surface area contributed by atoms with Crippen LogP contribution in [0.5, 0.6) is 5.75 Å². The van der Waals surface area contributed by atoms with Crippen LogP contribution < -0.4 is 4.74 Å². The number of amides is 1. The zero-order valence-corrected chi connectivity index (χ0v) is 18.1. The molecule has 1 aliphatic heterocycles. The first-order valence-corrected chi connectivity index (χ1v) is 10.1. The van der Waals surface area contributed by atoms with Crippen LogP contribution in [0.2, 0.25) is 0 Å². The van der Waals surface area contributed by atoms with Crippen LogP contribution in [0.25, 0.3) is 5.76 Å². The van der Waals surface area contributed by atoms with Crippen LogP contribution in [0.4, 0.5) is 4.39 Å². The summed E-state index contributed by atoms with van der Waals surface area (Å²) in [6, 6.07) is 11.5. The van der Waals surface area contributed by atoms with Crippen LogP contribution in [0.1, 0.15) is 31.0 Å². The van der Waals surface area contributed by atoms with Crippen molar-refractivity contribution < 1.29 is 23.8 Å². The number of benzene rings is 2. The Morgan fingerprint density at radius 2 is 1.71 bits per heavy atom. The van der Waals surface area contributed by atoms with Crippen molar-refractivity contribution in [2.24, 2.45) is 0 Å². The van der Waals surface area contributed by atoms with E-state index in [-0.39, 0.29) is 23.0 Å². The van der Waals surface area contributed by atoms with Gasteiger partial charge in [-0.25, -0.2) is 4.39 Å². The highest BCUT2D eigenvalue weighted by Crippen LogP contribution is 2.39. The molecule has 1 aliphatic rings. The lowest BCUT2D eigenvalue weighted by Gasteiger charge is -2.26. The Morgan fingerprint density at radius 1 is 1.10 bits per heavy atom. The zero-order valence-electron chi connectivity index (χ0n) is 18.1. The number of hydrogen-bond acceptors (Lipinski definition) is 5. The first-order chi connectivity index (χ1) is 14.7. The molecule has 0 aliphatic carbocycles. The summed E-state index contributed by atoms with van der Waals surface area (Å²) in [5.41, 5.74) is 0.947. The summed E-state index contributed by atoms with van der Waals surface area (Å²) in [7, 11) is 3.75. The summed E-state index contributed by atoms with van der Waals surface area (Å²) >= 11 is 0. The van der Waals surface area contributed by atoms with E-state index in [1.807, 2.05) is 32.8 Å². The van der Waals surface area contributed by atoms with E-state index in [4.69, 9.17) is 4.74 Å². The molecule has 1 amide bonds. The Labute approximate surface area is 181 Å². The van der Waals surface area contributed by atoms with Crippen LogP contribution >= 0.6 is 0 Å². The molecule has 164 valence electrons. The molecule has 2 aromatic rings. The minimum atomic E-state index is -0.756. The van der Waals surface area contributed by atoms with E-state index in [0.717, 1.165) is 0 Å². The summed E-state index contributed by atoms with van der Waals surface area (Å²) in [5.74, 6) is -1.54. The molecule has 0 unspecified atom stereocenters. The molecule has 2 aromatic carbocycles. The Kier molecular flexibility index (Phi) is 6.75. The number of halogens is 1. The van der Waals surface area contributed by atoms with E-state index in [1.54, 1.807) is 24.3 Å². The molecule has 1 N–H and O–H groups in total. The van der Waals surface area contributed by atoms with E-state index < -0.39 is 23.5 Å². The van der Waals surface area contributed by atoms with Gasteiger partial charge >= 0.3 is 0 Å². The van der Waals surface area contributed by atoms with E-state index in [0.29, 0.717) is 24.4 Å². The fourth-order valence-electron chi connectivity index (χ4n) is 3.53. The van der Waals surface area contributed by atoms with Crippen molar-refractivity contribution in [3.8, 4) is 5.75 Å². The molecule has 1 heterocycles. The number of likely N-dealkylation sites (tertiary alicyclic amines) is 1. The fourth-order valence-corrected chi connectivity index (χ4v) is 3.53. The maximum Gasteiger partial charge on any atom is 0.295 e. The number of Topliss-reactive ketones (excluding diaryl/α,β-unsaturated/α-hetero) is 1. The molecule has 1 fully saturated rings. The van der Waals surface area contributed by atoms with Gasteiger partial charge in [0, 0.05) is 18.7 Å². The molecule has 0 aromatic heterocycles. The minimum absolute atomic E-state index is 0.00658. The topological polar surface area (TPSA) is 70.1 Å². The average Bonchev–Trinajstić information content (AvgIpc) is 2.97. The lowest BCUT2D eigenvalue weighted by molar-refractivity contribution is -0.140. The molecule has 3 rings (SSSR count). The number of ether oxygens (including phenoxy) is 1. The predicted octanol–water partition coefficient (Wildman–Crippen LogP) is 3.60. The Morgan fingerprint density at radius 3 is 2.26 bits per heavy atom. The predicted molar refractivity (Wildman–Crippen MR) is 116 cm³/mol. The Hall–Kier alpha value is -3.19. The van der Waals surface area contributed by atoms with Crippen molar-refractivity contribution in [1.29, 1.82) is 0 Å². The SMILES string of the molecule is CC(C)Oc1ccc([C@@H]2C(=C(O)c3ccc(F)cc3)C(=O)C(=O)N2CCN(C)C)cc1. The van der Waals surface area contributed by atoms with Gasteiger partial charge in [0.15, 0.2) is 0 Å². The molecule has 7 heteroatoms. The molecule has 0 saturated carbocycles. The number of hydrogen-bond donors (Lipinski definition) is 1. The van der Waals surface area contributed by atoms with Crippen molar-refractivity contribution in [1.82, 2.24) is 9.80 Å². The van der Waals surface area contributed by atoms with Gasteiger partial charge in [-0.3, -0.25) is 9.59 Å². The third kappa shape index (κ3) is 4.94. The van der Waals surface area contributed by atoms with Gasteiger partial charge in [-0.15, -0.1) is 0 Å². The largest absolute Gasteiger partial charge is 0.507 e. The molecule has 1 saturated heterocycles. The van der Waals surface area contributed by atoms with Crippen LogP contribution in [0.3, 0.4) is 0 Å². The quantitative estimate of drug-likeness (QED) is 0.416. The van der Waals surface area contributed by atoms with Gasteiger partial charge in [0.2, 0.25) is 0 Å². The number of aliphatic hydroxyl groups is 1. The van der Waals surface area contributed by atoms with Gasteiger partial charge in [0.25, 0.3) is 11.7 Å². The summed E-state index contributed by atoms with van der Waals surface area (Å²) in [6.07, 6.45) is 0.00931. The van der Waals surface area contributed by atoms with Crippen molar-refractivity contribution in [3.05, 3.63) is 71.0 Å². The smallest absolute Gasteiger partial charge is 0.295 e. The molecule has 6 nitrogen and oxygen atoms in total.